The molecule has 0 atom stereocenters. The van der Waals surface area contributed by atoms with Crippen molar-refractivity contribution in [2.75, 3.05) is 7.11 Å². The first-order valence-electron chi connectivity index (χ1n) is 15.8. The summed E-state index contributed by atoms with van der Waals surface area (Å²) in [4.78, 5) is 12.7. The Labute approximate surface area is 234 Å². The number of hydrogen-bond donors (Lipinski definition) is 0. The fourth-order valence-electron chi connectivity index (χ4n) is 5.44. The van der Waals surface area contributed by atoms with Gasteiger partial charge in [-0.2, -0.15) is 0 Å². The maximum Gasteiger partial charge on any atom is 0.311 e. The molecule has 2 rings (SSSR count). The second kappa shape index (κ2) is 20.0. The van der Waals surface area contributed by atoms with Crippen LogP contribution in [0.1, 0.15) is 147 Å². The lowest BCUT2D eigenvalue weighted by Gasteiger charge is -2.19. The third-order valence-electron chi connectivity index (χ3n) is 7.92. The lowest BCUT2D eigenvalue weighted by Crippen LogP contribution is -2.11. The molecule has 1 aliphatic rings. The Bertz CT molecular complexity index is 864. The third kappa shape index (κ3) is 13.2. The van der Waals surface area contributed by atoms with Crippen LogP contribution in [0, 0.1) is 0 Å². The minimum Gasteiger partial charge on any atom is -0.496 e. The SMILES string of the molecule is CCCCCCCCCCCCCCCCCC(=O)Oc1ccc(OC)c2c1C/C(C)=C\CC/C(C)=C/C2. The third-order valence-corrected chi connectivity index (χ3v) is 7.92. The second-order valence-corrected chi connectivity index (χ2v) is 11.4. The molecular formula is C35H56O3. The van der Waals surface area contributed by atoms with E-state index in [2.05, 4.69) is 32.9 Å². The Morgan fingerprint density at radius 3 is 1.84 bits per heavy atom. The summed E-state index contributed by atoms with van der Waals surface area (Å²) in [5, 5.41) is 0. The summed E-state index contributed by atoms with van der Waals surface area (Å²) in [7, 11) is 1.72. The summed E-state index contributed by atoms with van der Waals surface area (Å²) < 4.78 is 11.6. The molecule has 38 heavy (non-hydrogen) atoms. The van der Waals surface area contributed by atoms with Crippen molar-refractivity contribution in [3.05, 3.63) is 46.6 Å². The fourth-order valence-corrected chi connectivity index (χ4v) is 5.44. The number of fused-ring (bicyclic) bond motifs is 1. The van der Waals surface area contributed by atoms with Gasteiger partial charge in [0.2, 0.25) is 0 Å². The molecule has 3 heteroatoms. The van der Waals surface area contributed by atoms with Crippen molar-refractivity contribution in [2.45, 2.75) is 149 Å². The van der Waals surface area contributed by atoms with Gasteiger partial charge in [0, 0.05) is 17.5 Å². The number of methoxy groups -OCH3 is 1. The molecule has 0 saturated heterocycles. The predicted octanol–water partition coefficient (Wildman–Crippen LogP) is 10.6. The molecular weight excluding hydrogens is 468 g/mol. The van der Waals surface area contributed by atoms with Gasteiger partial charge in [0.05, 0.1) is 7.11 Å². The van der Waals surface area contributed by atoms with E-state index in [0.29, 0.717) is 12.2 Å². The Morgan fingerprint density at radius 1 is 0.711 bits per heavy atom. The van der Waals surface area contributed by atoms with Crippen LogP contribution in [0.3, 0.4) is 0 Å². The number of esters is 1. The van der Waals surface area contributed by atoms with Crippen LogP contribution < -0.4 is 9.47 Å². The van der Waals surface area contributed by atoms with Crippen molar-refractivity contribution in [3.63, 3.8) is 0 Å². The van der Waals surface area contributed by atoms with Gasteiger partial charge < -0.3 is 9.47 Å². The van der Waals surface area contributed by atoms with E-state index in [0.717, 1.165) is 55.4 Å². The quantitative estimate of drug-likeness (QED) is 0.0829. The topological polar surface area (TPSA) is 35.5 Å². The zero-order valence-corrected chi connectivity index (χ0v) is 25.2. The summed E-state index contributed by atoms with van der Waals surface area (Å²) >= 11 is 0. The van der Waals surface area contributed by atoms with Gasteiger partial charge in [0.25, 0.3) is 0 Å². The van der Waals surface area contributed by atoms with Gasteiger partial charge >= 0.3 is 5.97 Å². The molecule has 3 nitrogen and oxygen atoms in total. The highest BCUT2D eigenvalue weighted by Gasteiger charge is 2.18. The first-order chi connectivity index (χ1) is 18.5. The van der Waals surface area contributed by atoms with Crippen LogP contribution in [-0.2, 0) is 17.6 Å². The predicted molar refractivity (Wildman–Crippen MR) is 162 cm³/mol. The van der Waals surface area contributed by atoms with Crippen molar-refractivity contribution < 1.29 is 14.3 Å². The maximum atomic E-state index is 12.7. The zero-order valence-electron chi connectivity index (χ0n) is 25.2. The smallest absolute Gasteiger partial charge is 0.311 e. The van der Waals surface area contributed by atoms with E-state index in [9.17, 15) is 4.79 Å². The molecule has 1 aliphatic carbocycles. The fraction of sp³-hybridized carbons (Fsp3) is 0.686. The highest BCUT2D eigenvalue weighted by atomic mass is 16.5. The number of carbonyl (C=O) groups excluding carboxylic acids is 1. The van der Waals surface area contributed by atoms with Crippen molar-refractivity contribution >= 4 is 5.97 Å². The van der Waals surface area contributed by atoms with Crippen LogP contribution in [-0.4, -0.2) is 13.1 Å². The van der Waals surface area contributed by atoms with E-state index in [4.69, 9.17) is 9.47 Å². The highest BCUT2D eigenvalue weighted by Crippen LogP contribution is 2.34. The molecule has 0 saturated carbocycles. The largest absolute Gasteiger partial charge is 0.496 e. The van der Waals surface area contributed by atoms with E-state index in [1.165, 1.54) is 94.6 Å². The first kappa shape index (κ1) is 32.2. The molecule has 214 valence electrons. The van der Waals surface area contributed by atoms with Gasteiger partial charge in [-0.05, 0) is 58.1 Å². The molecule has 0 heterocycles. The molecule has 0 amide bonds. The number of ether oxygens (including phenoxy) is 2. The van der Waals surface area contributed by atoms with Gasteiger partial charge in [-0.15, -0.1) is 0 Å². The van der Waals surface area contributed by atoms with Crippen molar-refractivity contribution in [1.29, 1.82) is 0 Å². The van der Waals surface area contributed by atoms with E-state index < -0.39 is 0 Å². The molecule has 0 radical (unpaired) electrons. The number of rotatable bonds is 18. The highest BCUT2D eigenvalue weighted by molar-refractivity contribution is 5.73. The molecule has 0 bridgehead atoms. The molecule has 0 spiro atoms. The van der Waals surface area contributed by atoms with Crippen LogP contribution in [0.5, 0.6) is 11.5 Å². The van der Waals surface area contributed by atoms with Crippen LogP contribution >= 0.6 is 0 Å². The Kier molecular flexibility index (Phi) is 16.9. The van der Waals surface area contributed by atoms with Crippen LogP contribution in [0.4, 0.5) is 0 Å². The number of allylic oxidation sites excluding steroid dienone is 4. The maximum absolute atomic E-state index is 12.7. The number of unbranched alkanes of at least 4 members (excludes halogenated alkanes) is 14. The van der Waals surface area contributed by atoms with E-state index in [1.807, 2.05) is 12.1 Å². The van der Waals surface area contributed by atoms with E-state index in [-0.39, 0.29) is 5.97 Å². The van der Waals surface area contributed by atoms with E-state index in [1.54, 1.807) is 7.11 Å². The lowest BCUT2D eigenvalue weighted by molar-refractivity contribution is -0.134. The average molecular weight is 525 g/mol. The summed E-state index contributed by atoms with van der Waals surface area (Å²) in [6.45, 7) is 6.65. The molecule has 1 aromatic rings. The molecule has 0 unspecified atom stereocenters. The van der Waals surface area contributed by atoms with Gasteiger partial charge in [-0.1, -0.05) is 120 Å². The number of carbonyl (C=O) groups is 1. The van der Waals surface area contributed by atoms with Crippen LogP contribution in [0.15, 0.2) is 35.4 Å². The van der Waals surface area contributed by atoms with Crippen LogP contribution in [0.2, 0.25) is 0 Å². The first-order valence-corrected chi connectivity index (χ1v) is 15.8. The summed E-state index contributed by atoms with van der Waals surface area (Å²) in [6, 6.07) is 3.86. The summed E-state index contributed by atoms with van der Waals surface area (Å²) in [6.07, 6.45) is 28.7. The average Bonchev–Trinajstić information content (AvgIpc) is 2.90. The zero-order chi connectivity index (χ0) is 27.4. The summed E-state index contributed by atoms with van der Waals surface area (Å²) in [5.74, 6) is 1.46. The number of benzene rings is 1. The molecule has 1 aromatic carbocycles. The molecule has 0 N–H and O–H groups in total. The van der Waals surface area contributed by atoms with Crippen LogP contribution in [0.25, 0.3) is 0 Å². The summed E-state index contributed by atoms with van der Waals surface area (Å²) in [5.41, 5.74) is 4.93. The van der Waals surface area contributed by atoms with Gasteiger partial charge in [0.1, 0.15) is 11.5 Å². The number of hydrogen-bond acceptors (Lipinski definition) is 3. The normalized spacial score (nSPS) is 16.6. The van der Waals surface area contributed by atoms with Crippen molar-refractivity contribution in [2.24, 2.45) is 0 Å². The van der Waals surface area contributed by atoms with E-state index >= 15 is 0 Å². The lowest BCUT2D eigenvalue weighted by atomic mass is 9.93. The van der Waals surface area contributed by atoms with Crippen molar-refractivity contribution in [1.82, 2.24) is 0 Å². The Balaban J connectivity index is 1.68. The van der Waals surface area contributed by atoms with Crippen molar-refractivity contribution in [3.8, 4) is 11.5 Å². The van der Waals surface area contributed by atoms with Gasteiger partial charge in [0.15, 0.2) is 0 Å². The second-order valence-electron chi connectivity index (χ2n) is 11.4. The molecule has 0 aromatic heterocycles. The Morgan fingerprint density at radius 2 is 1.26 bits per heavy atom. The minimum absolute atomic E-state index is 0.113. The van der Waals surface area contributed by atoms with Gasteiger partial charge in [-0.3, -0.25) is 4.79 Å². The minimum atomic E-state index is -0.113. The standard InChI is InChI=1S/C35H56O3/c1-5-6-7-8-9-10-11-12-13-14-15-16-17-18-19-23-35(36)38-34-27-26-33(37-4)31-25-24-29(2)21-20-22-30(3)28-32(31)34/h22,24,26-27H,5-21,23,25,28H2,1-4H3/b29-24+,30-22-. The molecule has 0 aliphatic heterocycles. The monoisotopic (exact) mass is 524 g/mol. The Hall–Kier alpha value is -2.03. The molecule has 0 fully saturated rings. The van der Waals surface area contributed by atoms with Gasteiger partial charge in [-0.25, -0.2) is 0 Å².